The first-order valence-electron chi connectivity index (χ1n) is 7.83. The van der Waals surface area contributed by atoms with Crippen LogP contribution >= 0.6 is 0 Å². The van der Waals surface area contributed by atoms with Gasteiger partial charge in [0.2, 0.25) is 5.82 Å². The topological polar surface area (TPSA) is 51.8 Å². The lowest BCUT2D eigenvalue weighted by molar-refractivity contribution is 0.411. The minimum Gasteiger partial charge on any atom is -0.334 e. The fourth-order valence-electron chi connectivity index (χ4n) is 2.65. The molecule has 2 aromatic carbocycles. The highest BCUT2D eigenvalue weighted by Crippen LogP contribution is 2.26. The second kappa shape index (κ2) is 6.28. The van der Waals surface area contributed by atoms with Crippen molar-refractivity contribution < 1.29 is 8.91 Å². The molecular weight excluding hydrogens is 317 g/mol. The fraction of sp³-hybridized carbons (Fsp3) is 0.0500. The summed E-state index contributed by atoms with van der Waals surface area (Å²) in [6, 6.07) is 16.0. The number of para-hydroxylation sites is 1. The van der Waals surface area contributed by atoms with Crippen molar-refractivity contribution in [3.8, 4) is 11.4 Å². The van der Waals surface area contributed by atoms with Gasteiger partial charge in [0.25, 0.3) is 5.89 Å². The molecule has 25 heavy (non-hydrogen) atoms. The van der Waals surface area contributed by atoms with Crippen molar-refractivity contribution >= 4 is 23.1 Å². The van der Waals surface area contributed by atoms with E-state index in [2.05, 4.69) is 15.1 Å². The van der Waals surface area contributed by atoms with Crippen LogP contribution in [0.2, 0.25) is 0 Å². The van der Waals surface area contributed by atoms with Crippen LogP contribution in [0.1, 0.15) is 17.1 Å². The summed E-state index contributed by atoms with van der Waals surface area (Å²) in [6.45, 7) is 1.94. The smallest absolute Gasteiger partial charge is 0.250 e. The maximum Gasteiger partial charge on any atom is 0.250 e. The number of nitrogens with zero attached hydrogens (tertiary/aromatic N) is 3. The van der Waals surface area contributed by atoms with E-state index in [0.29, 0.717) is 11.7 Å². The van der Waals surface area contributed by atoms with E-state index in [0.717, 1.165) is 27.7 Å². The summed E-state index contributed by atoms with van der Waals surface area (Å²) in [5, 5.41) is 5.05. The van der Waals surface area contributed by atoms with Gasteiger partial charge in [-0.15, -0.1) is 0 Å². The minimum atomic E-state index is -0.267. The third-order valence-electron chi connectivity index (χ3n) is 3.82. The molecule has 122 valence electrons. The monoisotopic (exact) mass is 331 g/mol. The standard InChI is InChI=1S/C20H14FN3O/c1-13-12-17(16-4-2-3-5-18(16)22-13)20-23-19(25-24-20)11-8-14-6-9-15(21)10-7-14/h2-12H,1H3. The van der Waals surface area contributed by atoms with Crippen molar-refractivity contribution in [1.29, 1.82) is 0 Å². The Morgan fingerprint density at radius 1 is 0.960 bits per heavy atom. The zero-order valence-electron chi connectivity index (χ0n) is 13.5. The molecule has 4 aromatic rings. The van der Waals surface area contributed by atoms with Crippen molar-refractivity contribution in [1.82, 2.24) is 15.1 Å². The van der Waals surface area contributed by atoms with Crippen LogP contribution in [0, 0.1) is 12.7 Å². The number of hydrogen-bond acceptors (Lipinski definition) is 4. The van der Waals surface area contributed by atoms with Gasteiger partial charge in [0, 0.05) is 22.7 Å². The summed E-state index contributed by atoms with van der Waals surface area (Å²) < 4.78 is 18.2. The van der Waals surface area contributed by atoms with E-state index in [1.165, 1.54) is 12.1 Å². The average molecular weight is 331 g/mol. The van der Waals surface area contributed by atoms with Gasteiger partial charge in [-0.1, -0.05) is 35.5 Å². The van der Waals surface area contributed by atoms with Crippen LogP contribution in [0.25, 0.3) is 34.4 Å². The van der Waals surface area contributed by atoms with Gasteiger partial charge >= 0.3 is 0 Å². The van der Waals surface area contributed by atoms with Gasteiger partial charge in [0.15, 0.2) is 0 Å². The molecular formula is C20H14FN3O. The second-order valence-electron chi connectivity index (χ2n) is 5.67. The Morgan fingerprint density at radius 3 is 2.60 bits per heavy atom. The van der Waals surface area contributed by atoms with E-state index < -0.39 is 0 Å². The van der Waals surface area contributed by atoms with Gasteiger partial charge in [-0.25, -0.2) is 4.39 Å². The van der Waals surface area contributed by atoms with Gasteiger partial charge in [0.05, 0.1) is 5.52 Å². The molecule has 0 atom stereocenters. The largest absolute Gasteiger partial charge is 0.334 e. The summed E-state index contributed by atoms with van der Waals surface area (Å²) in [6.07, 6.45) is 3.51. The fourth-order valence-corrected chi connectivity index (χ4v) is 2.65. The number of aryl methyl sites for hydroxylation is 1. The molecule has 2 aromatic heterocycles. The van der Waals surface area contributed by atoms with Crippen LogP contribution in [0.4, 0.5) is 4.39 Å². The number of aromatic nitrogens is 3. The summed E-state index contributed by atoms with van der Waals surface area (Å²) in [5.41, 5.74) is 3.52. The Labute approximate surface area is 143 Å². The molecule has 0 aliphatic heterocycles. The third kappa shape index (κ3) is 3.17. The maximum atomic E-state index is 12.9. The Kier molecular flexibility index (Phi) is 3.82. The predicted octanol–water partition coefficient (Wildman–Crippen LogP) is 4.90. The normalized spacial score (nSPS) is 11.4. The third-order valence-corrected chi connectivity index (χ3v) is 3.82. The molecule has 4 nitrogen and oxygen atoms in total. The molecule has 0 saturated heterocycles. The number of halogens is 1. The highest BCUT2D eigenvalue weighted by atomic mass is 19.1. The lowest BCUT2D eigenvalue weighted by Gasteiger charge is -2.03. The quantitative estimate of drug-likeness (QED) is 0.535. The molecule has 0 amide bonds. The van der Waals surface area contributed by atoms with Crippen molar-refractivity contribution in [3.63, 3.8) is 0 Å². The first-order valence-corrected chi connectivity index (χ1v) is 7.83. The molecule has 0 radical (unpaired) electrons. The van der Waals surface area contributed by atoms with E-state index in [4.69, 9.17) is 4.52 Å². The van der Waals surface area contributed by atoms with E-state index >= 15 is 0 Å². The summed E-state index contributed by atoms with van der Waals surface area (Å²) in [7, 11) is 0. The van der Waals surface area contributed by atoms with Crippen molar-refractivity contribution in [2.45, 2.75) is 6.92 Å². The highest BCUT2D eigenvalue weighted by molar-refractivity contribution is 5.92. The van der Waals surface area contributed by atoms with E-state index in [-0.39, 0.29) is 5.82 Å². The van der Waals surface area contributed by atoms with Crippen LogP contribution in [0.15, 0.2) is 59.1 Å². The molecule has 0 aliphatic carbocycles. The number of hydrogen-bond donors (Lipinski definition) is 0. The van der Waals surface area contributed by atoms with Crippen LogP contribution in [-0.4, -0.2) is 15.1 Å². The molecule has 2 heterocycles. The number of pyridine rings is 1. The van der Waals surface area contributed by atoms with Crippen molar-refractivity contribution in [2.75, 3.05) is 0 Å². The van der Waals surface area contributed by atoms with Gasteiger partial charge in [-0.2, -0.15) is 4.98 Å². The highest BCUT2D eigenvalue weighted by Gasteiger charge is 2.12. The number of rotatable bonds is 3. The van der Waals surface area contributed by atoms with Crippen LogP contribution in [0.5, 0.6) is 0 Å². The SMILES string of the molecule is Cc1cc(-c2noc(C=Cc3ccc(F)cc3)n2)c2ccccc2n1. The molecule has 5 heteroatoms. The number of fused-ring (bicyclic) bond motifs is 1. The Bertz CT molecular complexity index is 1070. The molecule has 0 bridgehead atoms. The summed E-state index contributed by atoms with van der Waals surface area (Å²) >= 11 is 0. The van der Waals surface area contributed by atoms with Gasteiger partial charge in [-0.05, 0) is 42.8 Å². The Hall–Kier alpha value is -3.34. The van der Waals surface area contributed by atoms with E-state index in [1.54, 1.807) is 24.3 Å². The Morgan fingerprint density at radius 2 is 1.76 bits per heavy atom. The number of benzene rings is 2. The average Bonchev–Trinajstić information content (AvgIpc) is 3.09. The molecule has 0 aliphatic rings. The first-order chi connectivity index (χ1) is 12.2. The Balaban J connectivity index is 1.69. The van der Waals surface area contributed by atoms with Crippen molar-refractivity contribution in [3.05, 3.63) is 77.6 Å². The molecule has 0 saturated carbocycles. The van der Waals surface area contributed by atoms with Crippen molar-refractivity contribution in [2.24, 2.45) is 0 Å². The zero-order valence-corrected chi connectivity index (χ0v) is 13.5. The van der Waals surface area contributed by atoms with E-state index in [9.17, 15) is 4.39 Å². The minimum absolute atomic E-state index is 0.267. The van der Waals surface area contributed by atoms with Crippen LogP contribution in [-0.2, 0) is 0 Å². The predicted molar refractivity (Wildman–Crippen MR) is 95.1 cm³/mol. The maximum absolute atomic E-state index is 12.9. The molecule has 0 N–H and O–H groups in total. The lowest BCUT2D eigenvalue weighted by atomic mass is 10.1. The van der Waals surface area contributed by atoms with Crippen LogP contribution in [0.3, 0.4) is 0 Å². The first kappa shape index (κ1) is 15.2. The van der Waals surface area contributed by atoms with Gasteiger partial charge < -0.3 is 4.52 Å². The second-order valence-corrected chi connectivity index (χ2v) is 5.67. The zero-order chi connectivity index (χ0) is 17.2. The van der Waals surface area contributed by atoms with Gasteiger partial charge in [-0.3, -0.25) is 4.98 Å². The lowest BCUT2D eigenvalue weighted by Crippen LogP contribution is -1.89. The van der Waals surface area contributed by atoms with Crippen LogP contribution < -0.4 is 0 Å². The van der Waals surface area contributed by atoms with E-state index in [1.807, 2.05) is 37.3 Å². The molecule has 4 rings (SSSR count). The summed E-state index contributed by atoms with van der Waals surface area (Å²) in [5.74, 6) is 0.635. The molecule has 0 unspecified atom stereocenters. The molecule has 0 spiro atoms. The molecule has 0 fully saturated rings. The van der Waals surface area contributed by atoms with Gasteiger partial charge in [0.1, 0.15) is 5.82 Å². The summed E-state index contributed by atoms with van der Waals surface area (Å²) in [4.78, 5) is 8.96.